The number of benzene rings is 2. The first-order valence-corrected chi connectivity index (χ1v) is 16.2. The van der Waals surface area contributed by atoms with Crippen LogP contribution in [0, 0.1) is 23.5 Å². The van der Waals surface area contributed by atoms with Crippen molar-refractivity contribution in [1.82, 2.24) is 29.6 Å². The van der Waals surface area contributed by atoms with E-state index in [1.165, 1.54) is 16.7 Å². The Bertz CT molecular complexity index is 1740. The third kappa shape index (κ3) is 7.30. The third-order valence-electron chi connectivity index (χ3n) is 9.30. The number of aromatic nitrogens is 2. The molecule has 3 aliphatic rings. The molecular formula is C35H37F3N6O5. The normalized spacial score (nSPS) is 20.5. The highest BCUT2D eigenvalue weighted by atomic mass is 19.1. The van der Waals surface area contributed by atoms with Crippen LogP contribution in [0.5, 0.6) is 0 Å². The highest BCUT2D eigenvalue weighted by Crippen LogP contribution is 2.38. The van der Waals surface area contributed by atoms with E-state index in [1.807, 2.05) is 30.3 Å². The lowest BCUT2D eigenvalue weighted by molar-refractivity contribution is -0.149. The van der Waals surface area contributed by atoms with Gasteiger partial charge in [0.1, 0.15) is 29.7 Å². The lowest BCUT2D eigenvalue weighted by Gasteiger charge is -2.47. The van der Waals surface area contributed by atoms with Crippen LogP contribution in [0.2, 0.25) is 0 Å². The van der Waals surface area contributed by atoms with Crippen molar-refractivity contribution in [1.29, 1.82) is 0 Å². The fourth-order valence-electron chi connectivity index (χ4n) is 6.65. The fraction of sp³-hybridized carbons (Fsp3) is 0.400. The standard InChI is InChI=1S/C35H37F3N6O5/c1-21(45)35(49)44(19-23-14-39-15-28(23)38)33(24-17-41(18-24)30(46)11-12-43-31(47)9-10-32(43)48)34-40-29(26-13-25(36)7-8-27(26)37)20-42(34)16-22-5-3-2-4-6-22/h2-10,13,20-21,23-24,28,33,39,45H,11-12,14-19H2,1H3/t21-,23-,28-,33+/m0/s1. The number of nitrogens with zero attached hydrogens (tertiary/aromatic N) is 5. The first-order valence-electron chi connectivity index (χ1n) is 16.2. The molecule has 0 unspecified atom stereocenters. The second-order valence-corrected chi connectivity index (χ2v) is 12.7. The summed E-state index contributed by atoms with van der Waals surface area (Å²) in [5.74, 6) is -4.06. The average Bonchev–Trinajstić information content (AvgIpc) is 3.75. The van der Waals surface area contributed by atoms with Gasteiger partial charge in [0.2, 0.25) is 5.91 Å². The van der Waals surface area contributed by atoms with Crippen LogP contribution in [0.3, 0.4) is 0 Å². The van der Waals surface area contributed by atoms with Gasteiger partial charge in [-0.1, -0.05) is 30.3 Å². The van der Waals surface area contributed by atoms with Crippen molar-refractivity contribution in [3.05, 3.63) is 89.9 Å². The van der Waals surface area contributed by atoms with Crippen molar-refractivity contribution < 1.29 is 37.5 Å². The van der Waals surface area contributed by atoms with E-state index in [1.54, 1.807) is 10.8 Å². The zero-order valence-electron chi connectivity index (χ0n) is 26.8. The van der Waals surface area contributed by atoms with Gasteiger partial charge in [-0.05, 0) is 30.7 Å². The van der Waals surface area contributed by atoms with Crippen molar-refractivity contribution >= 4 is 23.6 Å². The number of alkyl halides is 1. The first kappa shape index (κ1) is 34.1. The molecule has 4 heterocycles. The van der Waals surface area contributed by atoms with Crippen molar-refractivity contribution in [2.24, 2.45) is 11.8 Å². The molecule has 0 bridgehead atoms. The number of rotatable bonds is 12. The van der Waals surface area contributed by atoms with Crippen LogP contribution in [0.15, 0.2) is 66.9 Å². The van der Waals surface area contributed by atoms with E-state index in [0.717, 1.165) is 40.8 Å². The summed E-state index contributed by atoms with van der Waals surface area (Å²) in [7, 11) is 0. The van der Waals surface area contributed by atoms with E-state index < -0.39 is 59.5 Å². The van der Waals surface area contributed by atoms with Crippen LogP contribution in [-0.4, -0.2) is 105 Å². The quantitative estimate of drug-likeness (QED) is 0.282. The minimum atomic E-state index is -1.45. The van der Waals surface area contributed by atoms with Crippen molar-refractivity contribution in [3.63, 3.8) is 0 Å². The van der Waals surface area contributed by atoms with Crippen molar-refractivity contribution in [3.8, 4) is 11.3 Å². The summed E-state index contributed by atoms with van der Waals surface area (Å²) in [6.45, 7) is 2.12. The number of imide groups is 1. The van der Waals surface area contributed by atoms with Crippen LogP contribution >= 0.6 is 0 Å². The summed E-state index contributed by atoms with van der Waals surface area (Å²) in [5, 5.41) is 13.6. The Labute approximate surface area is 281 Å². The largest absolute Gasteiger partial charge is 0.384 e. The minimum absolute atomic E-state index is 0.0684. The Morgan fingerprint density at radius 1 is 1.06 bits per heavy atom. The molecule has 0 saturated carbocycles. The van der Waals surface area contributed by atoms with Crippen LogP contribution in [-0.2, 0) is 25.7 Å². The topological polar surface area (TPSA) is 128 Å². The predicted molar refractivity (Wildman–Crippen MR) is 171 cm³/mol. The maximum absolute atomic E-state index is 15.1. The van der Waals surface area contributed by atoms with E-state index in [2.05, 4.69) is 5.32 Å². The molecule has 4 atom stereocenters. The van der Waals surface area contributed by atoms with Crippen LogP contribution in [0.25, 0.3) is 11.3 Å². The SMILES string of the molecule is C[C@H](O)C(=O)N(C[C@@H]1CNC[C@@H]1F)[C@@H](c1nc(-c2cc(F)ccc2F)cn1Cc1ccccc1)C1CN(C(=O)CCN2C(=O)C=CC2=O)C1. The Morgan fingerprint density at radius 3 is 2.43 bits per heavy atom. The molecule has 258 valence electrons. The number of hydrogen-bond donors (Lipinski definition) is 2. The highest BCUT2D eigenvalue weighted by molar-refractivity contribution is 6.13. The van der Waals surface area contributed by atoms with Gasteiger partial charge in [0.05, 0.1) is 11.7 Å². The number of hydrogen-bond acceptors (Lipinski definition) is 7. The molecule has 3 aliphatic heterocycles. The molecule has 0 spiro atoms. The van der Waals surface area contributed by atoms with Crippen molar-refractivity contribution in [2.75, 3.05) is 39.3 Å². The molecule has 2 saturated heterocycles. The lowest BCUT2D eigenvalue weighted by Crippen LogP contribution is -2.58. The molecule has 6 rings (SSSR count). The lowest BCUT2D eigenvalue weighted by atomic mass is 9.87. The van der Waals surface area contributed by atoms with Gasteiger partial charge >= 0.3 is 0 Å². The predicted octanol–water partition coefficient (Wildman–Crippen LogP) is 2.46. The van der Waals surface area contributed by atoms with E-state index in [4.69, 9.17) is 4.98 Å². The number of aliphatic hydroxyl groups excluding tert-OH is 1. The molecule has 3 aromatic rings. The molecule has 11 nitrogen and oxygen atoms in total. The summed E-state index contributed by atoms with van der Waals surface area (Å²) in [4.78, 5) is 59.6. The van der Waals surface area contributed by atoms with Gasteiger partial charge < -0.3 is 24.8 Å². The maximum Gasteiger partial charge on any atom is 0.253 e. The summed E-state index contributed by atoms with van der Waals surface area (Å²) in [5.41, 5.74) is 0.883. The van der Waals surface area contributed by atoms with Crippen LogP contribution < -0.4 is 5.32 Å². The Kier molecular flexibility index (Phi) is 9.97. The number of nitrogens with one attached hydrogen (secondary N) is 1. The fourth-order valence-corrected chi connectivity index (χ4v) is 6.65. The van der Waals surface area contributed by atoms with E-state index in [-0.39, 0.29) is 62.9 Å². The van der Waals surface area contributed by atoms with E-state index >= 15 is 8.78 Å². The second kappa shape index (κ2) is 14.3. The molecule has 4 amide bonds. The summed E-state index contributed by atoms with van der Waals surface area (Å²) in [6, 6.07) is 11.5. The molecule has 49 heavy (non-hydrogen) atoms. The van der Waals surface area contributed by atoms with Gasteiger partial charge in [-0.2, -0.15) is 0 Å². The van der Waals surface area contributed by atoms with Gasteiger partial charge in [-0.15, -0.1) is 0 Å². The van der Waals surface area contributed by atoms with E-state index in [9.17, 15) is 28.7 Å². The molecule has 0 radical (unpaired) electrons. The average molecular weight is 679 g/mol. The number of likely N-dealkylation sites (tertiary alicyclic amines) is 1. The smallest absolute Gasteiger partial charge is 0.253 e. The molecular weight excluding hydrogens is 641 g/mol. The van der Waals surface area contributed by atoms with Crippen LogP contribution in [0.1, 0.15) is 30.8 Å². The molecule has 1 aromatic heterocycles. The molecule has 14 heteroatoms. The number of carbonyl (C=O) groups is 4. The Hall–Kier alpha value is -4.82. The Morgan fingerprint density at radius 2 is 1.78 bits per heavy atom. The summed E-state index contributed by atoms with van der Waals surface area (Å²) in [6.07, 6.45) is 1.07. The van der Waals surface area contributed by atoms with Gasteiger partial charge in [-0.25, -0.2) is 18.2 Å². The molecule has 2 fully saturated rings. The maximum atomic E-state index is 15.1. The van der Waals surface area contributed by atoms with Crippen LogP contribution in [0.4, 0.5) is 13.2 Å². The number of halogens is 3. The number of aliphatic hydroxyl groups is 1. The van der Waals surface area contributed by atoms with Gasteiger partial charge in [-0.3, -0.25) is 24.1 Å². The third-order valence-corrected chi connectivity index (χ3v) is 9.30. The van der Waals surface area contributed by atoms with Crippen molar-refractivity contribution in [2.45, 2.75) is 38.2 Å². The number of imidazole rings is 1. The zero-order chi connectivity index (χ0) is 34.8. The van der Waals surface area contributed by atoms with Gasteiger partial charge in [0.15, 0.2) is 0 Å². The molecule has 2 N–H and O–H groups in total. The Balaban J connectivity index is 1.37. The van der Waals surface area contributed by atoms with Gasteiger partial charge in [0, 0.05) is 88.0 Å². The second-order valence-electron chi connectivity index (χ2n) is 12.7. The molecule has 2 aromatic carbocycles. The van der Waals surface area contributed by atoms with E-state index in [0.29, 0.717) is 12.4 Å². The summed E-state index contributed by atoms with van der Waals surface area (Å²) < 4.78 is 46.2. The number of amides is 4. The first-order chi connectivity index (χ1) is 23.5. The monoisotopic (exact) mass is 678 g/mol. The van der Waals surface area contributed by atoms with Gasteiger partial charge in [0.25, 0.3) is 17.7 Å². The zero-order valence-corrected chi connectivity index (χ0v) is 26.8. The number of carbonyl (C=O) groups excluding carboxylic acids is 4. The summed E-state index contributed by atoms with van der Waals surface area (Å²) >= 11 is 0. The minimum Gasteiger partial charge on any atom is -0.384 e. The highest BCUT2D eigenvalue weighted by Gasteiger charge is 2.45. The molecule has 0 aliphatic carbocycles.